The predicted octanol–water partition coefficient (Wildman–Crippen LogP) is 3.78. The molecule has 2 aromatic rings. The standard InChI is InChI=1S/C15H12FNO/c1-11(18)13-4-8-15(9-5-13)17-10-12-2-6-14(16)7-3-12/h2-10H,1H3. The molecule has 0 N–H and O–H groups in total. The summed E-state index contributed by atoms with van der Waals surface area (Å²) >= 11 is 0. The molecule has 0 amide bonds. The van der Waals surface area contributed by atoms with Crippen molar-refractivity contribution in [2.24, 2.45) is 4.99 Å². The third-order valence-electron chi connectivity index (χ3n) is 2.51. The summed E-state index contributed by atoms with van der Waals surface area (Å²) in [6.07, 6.45) is 1.65. The number of benzene rings is 2. The van der Waals surface area contributed by atoms with Crippen molar-refractivity contribution in [3.05, 3.63) is 65.5 Å². The molecule has 0 atom stereocenters. The van der Waals surface area contributed by atoms with E-state index in [1.54, 1.807) is 42.6 Å². The molecule has 90 valence electrons. The van der Waals surface area contributed by atoms with Crippen LogP contribution in [0.3, 0.4) is 0 Å². The van der Waals surface area contributed by atoms with Crippen molar-refractivity contribution >= 4 is 17.7 Å². The molecule has 2 aromatic carbocycles. The first-order valence-electron chi connectivity index (χ1n) is 5.56. The molecule has 0 heterocycles. The Balaban J connectivity index is 2.13. The maximum atomic E-state index is 12.7. The van der Waals surface area contributed by atoms with Gasteiger partial charge in [-0.25, -0.2) is 4.39 Å². The van der Waals surface area contributed by atoms with Crippen LogP contribution in [0.5, 0.6) is 0 Å². The van der Waals surface area contributed by atoms with E-state index in [4.69, 9.17) is 0 Å². The Kier molecular flexibility index (Phi) is 3.63. The van der Waals surface area contributed by atoms with Gasteiger partial charge in [-0.05, 0) is 48.9 Å². The molecule has 0 aromatic heterocycles. The largest absolute Gasteiger partial charge is 0.295 e. The first-order chi connectivity index (χ1) is 8.65. The topological polar surface area (TPSA) is 29.4 Å². The van der Waals surface area contributed by atoms with Crippen molar-refractivity contribution < 1.29 is 9.18 Å². The summed E-state index contributed by atoms with van der Waals surface area (Å²) in [7, 11) is 0. The first kappa shape index (κ1) is 12.2. The normalized spacial score (nSPS) is 10.8. The Bertz CT molecular complexity index is 570. The molecule has 0 spiro atoms. The van der Waals surface area contributed by atoms with Crippen LogP contribution in [0.25, 0.3) is 0 Å². The summed E-state index contributed by atoms with van der Waals surface area (Å²) in [6, 6.07) is 13.1. The van der Waals surface area contributed by atoms with Crippen LogP contribution < -0.4 is 0 Å². The van der Waals surface area contributed by atoms with E-state index >= 15 is 0 Å². The van der Waals surface area contributed by atoms with E-state index in [0.29, 0.717) is 5.56 Å². The van der Waals surface area contributed by atoms with Gasteiger partial charge in [0.05, 0.1) is 5.69 Å². The summed E-state index contributed by atoms with van der Waals surface area (Å²) in [5, 5.41) is 0. The predicted molar refractivity (Wildman–Crippen MR) is 70.1 cm³/mol. The van der Waals surface area contributed by atoms with E-state index in [-0.39, 0.29) is 11.6 Å². The zero-order chi connectivity index (χ0) is 13.0. The van der Waals surface area contributed by atoms with Crippen LogP contribution in [0.4, 0.5) is 10.1 Å². The maximum Gasteiger partial charge on any atom is 0.159 e. The second-order valence-electron chi connectivity index (χ2n) is 3.91. The maximum absolute atomic E-state index is 12.7. The average molecular weight is 241 g/mol. The van der Waals surface area contributed by atoms with Gasteiger partial charge in [-0.15, -0.1) is 0 Å². The van der Waals surface area contributed by atoms with E-state index in [1.165, 1.54) is 19.1 Å². The van der Waals surface area contributed by atoms with Gasteiger partial charge in [0.15, 0.2) is 5.78 Å². The van der Waals surface area contributed by atoms with E-state index in [1.807, 2.05) is 0 Å². The van der Waals surface area contributed by atoms with Gasteiger partial charge in [-0.1, -0.05) is 12.1 Å². The molecule has 2 nitrogen and oxygen atoms in total. The van der Waals surface area contributed by atoms with Crippen molar-refractivity contribution in [1.82, 2.24) is 0 Å². The lowest BCUT2D eigenvalue weighted by atomic mass is 10.1. The van der Waals surface area contributed by atoms with Crippen molar-refractivity contribution in [2.75, 3.05) is 0 Å². The molecule has 0 aliphatic carbocycles. The van der Waals surface area contributed by atoms with Gasteiger partial charge in [0.25, 0.3) is 0 Å². The lowest BCUT2D eigenvalue weighted by Crippen LogP contribution is -1.89. The quantitative estimate of drug-likeness (QED) is 0.594. The second-order valence-corrected chi connectivity index (χ2v) is 3.91. The van der Waals surface area contributed by atoms with Gasteiger partial charge in [0.1, 0.15) is 5.82 Å². The van der Waals surface area contributed by atoms with E-state index < -0.39 is 0 Å². The van der Waals surface area contributed by atoms with E-state index in [9.17, 15) is 9.18 Å². The zero-order valence-electron chi connectivity index (χ0n) is 9.93. The number of carbonyl (C=O) groups excluding carboxylic acids is 1. The number of halogens is 1. The molecular weight excluding hydrogens is 229 g/mol. The first-order valence-corrected chi connectivity index (χ1v) is 5.56. The fourth-order valence-corrected chi connectivity index (χ4v) is 1.48. The lowest BCUT2D eigenvalue weighted by Gasteiger charge is -1.97. The molecule has 0 saturated heterocycles. The molecule has 0 fully saturated rings. The molecule has 2 rings (SSSR count). The number of nitrogens with zero attached hydrogens (tertiary/aromatic N) is 1. The summed E-state index contributed by atoms with van der Waals surface area (Å²) in [4.78, 5) is 15.3. The third-order valence-corrected chi connectivity index (χ3v) is 2.51. The Labute approximate surface area is 105 Å². The Morgan fingerprint density at radius 3 is 2.22 bits per heavy atom. The molecule has 3 heteroatoms. The molecular formula is C15H12FNO. The minimum Gasteiger partial charge on any atom is -0.295 e. The Hall–Kier alpha value is -2.29. The Morgan fingerprint density at radius 1 is 1.06 bits per heavy atom. The highest BCUT2D eigenvalue weighted by molar-refractivity contribution is 5.94. The van der Waals surface area contributed by atoms with Crippen LogP contribution in [-0.4, -0.2) is 12.0 Å². The van der Waals surface area contributed by atoms with Crippen molar-refractivity contribution in [3.63, 3.8) is 0 Å². The van der Waals surface area contributed by atoms with Crippen molar-refractivity contribution in [3.8, 4) is 0 Å². The number of hydrogen-bond acceptors (Lipinski definition) is 2. The number of carbonyl (C=O) groups is 1. The van der Waals surface area contributed by atoms with Gasteiger partial charge >= 0.3 is 0 Å². The second kappa shape index (κ2) is 5.36. The molecule has 0 radical (unpaired) electrons. The smallest absolute Gasteiger partial charge is 0.159 e. The fraction of sp³-hybridized carbons (Fsp3) is 0.0667. The molecule has 18 heavy (non-hydrogen) atoms. The number of rotatable bonds is 3. The zero-order valence-corrected chi connectivity index (χ0v) is 9.93. The highest BCUT2D eigenvalue weighted by Crippen LogP contribution is 2.13. The van der Waals surface area contributed by atoms with Crippen LogP contribution in [-0.2, 0) is 0 Å². The van der Waals surface area contributed by atoms with E-state index in [2.05, 4.69) is 4.99 Å². The summed E-state index contributed by atoms with van der Waals surface area (Å²) in [5.74, 6) is -0.234. The van der Waals surface area contributed by atoms with Gasteiger partial charge in [0.2, 0.25) is 0 Å². The SMILES string of the molecule is CC(=O)c1ccc(N=Cc2ccc(F)cc2)cc1. The minimum absolute atomic E-state index is 0.0315. The van der Waals surface area contributed by atoms with Crippen LogP contribution in [0.1, 0.15) is 22.8 Å². The number of hydrogen-bond donors (Lipinski definition) is 0. The number of Topliss-reactive ketones (excluding diaryl/α,β-unsaturated/α-hetero) is 1. The van der Waals surface area contributed by atoms with Crippen molar-refractivity contribution in [2.45, 2.75) is 6.92 Å². The Morgan fingerprint density at radius 2 is 1.67 bits per heavy atom. The monoisotopic (exact) mass is 241 g/mol. The van der Waals surface area contributed by atoms with E-state index in [0.717, 1.165) is 11.3 Å². The highest BCUT2D eigenvalue weighted by atomic mass is 19.1. The third kappa shape index (κ3) is 3.10. The molecule has 0 bridgehead atoms. The number of aliphatic imine (C=N–C) groups is 1. The summed E-state index contributed by atoms with van der Waals surface area (Å²) in [5.41, 5.74) is 2.24. The van der Waals surface area contributed by atoms with Gasteiger partial charge in [0, 0.05) is 11.8 Å². The average Bonchev–Trinajstić information content (AvgIpc) is 2.38. The van der Waals surface area contributed by atoms with Crippen LogP contribution in [0.15, 0.2) is 53.5 Å². The number of ketones is 1. The molecule has 0 unspecified atom stereocenters. The minimum atomic E-state index is -0.266. The fourth-order valence-electron chi connectivity index (χ4n) is 1.48. The van der Waals surface area contributed by atoms with Crippen molar-refractivity contribution in [1.29, 1.82) is 0 Å². The lowest BCUT2D eigenvalue weighted by molar-refractivity contribution is 0.101. The van der Waals surface area contributed by atoms with Crippen LogP contribution in [0.2, 0.25) is 0 Å². The molecule has 0 aliphatic heterocycles. The van der Waals surface area contributed by atoms with Gasteiger partial charge < -0.3 is 0 Å². The van der Waals surface area contributed by atoms with Gasteiger partial charge in [-0.3, -0.25) is 9.79 Å². The summed E-state index contributed by atoms with van der Waals surface area (Å²) in [6.45, 7) is 1.52. The highest BCUT2D eigenvalue weighted by Gasteiger charge is 1.97. The molecule has 0 aliphatic rings. The van der Waals surface area contributed by atoms with Crippen LogP contribution >= 0.6 is 0 Å². The summed E-state index contributed by atoms with van der Waals surface area (Å²) < 4.78 is 12.7. The van der Waals surface area contributed by atoms with Gasteiger partial charge in [-0.2, -0.15) is 0 Å². The molecule has 0 saturated carbocycles. The van der Waals surface area contributed by atoms with Crippen LogP contribution in [0, 0.1) is 5.82 Å².